The maximum Gasteiger partial charge on any atom is 0.321 e. The molecule has 0 bridgehead atoms. The quantitative estimate of drug-likeness (QED) is 0.783. The van der Waals surface area contributed by atoms with Crippen LogP contribution in [0.5, 0.6) is 0 Å². The van der Waals surface area contributed by atoms with Crippen LogP contribution in [0, 0.1) is 0 Å². The second-order valence-corrected chi connectivity index (χ2v) is 6.16. The molecule has 124 valence electrons. The lowest BCUT2D eigenvalue weighted by Gasteiger charge is -2.12. The smallest absolute Gasteiger partial charge is 0.321 e. The lowest BCUT2D eigenvalue weighted by molar-refractivity contribution is -0.119. The summed E-state index contributed by atoms with van der Waals surface area (Å²) >= 11 is 1.31. The van der Waals surface area contributed by atoms with Crippen molar-refractivity contribution in [2.75, 3.05) is 20.8 Å². The second-order valence-electron chi connectivity index (χ2n) is 4.86. The van der Waals surface area contributed by atoms with E-state index in [2.05, 4.69) is 15.6 Å². The molecule has 0 saturated carbocycles. The predicted octanol–water partition coefficient (Wildman–Crippen LogP) is 1.62. The van der Waals surface area contributed by atoms with Gasteiger partial charge in [0, 0.05) is 20.7 Å². The van der Waals surface area contributed by atoms with Crippen LogP contribution in [0.25, 0.3) is 11.0 Å². The number of ether oxygens (including phenoxy) is 1. The van der Waals surface area contributed by atoms with Gasteiger partial charge in [0.2, 0.25) is 5.91 Å². The van der Waals surface area contributed by atoms with Gasteiger partial charge >= 0.3 is 6.03 Å². The summed E-state index contributed by atoms with van der Waals surface area (Å²) in [5, 5.41) is 4.90. The molecule has 7 nitrogen and oxygen atoms in total. The van der Waals surface area contributed by atoms with Crippen LogP contribution in [0.4, 0.5) is 4.79 Å². The fraction of sp³-hybridized carbons (Fsp3) is 0.400. The molecule has 2 aromatic rings. The molecule has 0 spiro atoms. The van der Waals surface area contributed by atoms with Gasteiger partial charge in [-0.2, -0.15) is 0 Å². The molecule has 1 aromatic carbocycles. The maximum atomic E-state index is 12.0. The Labute approximate surface area is 138 Å². The van der Waals surface area contributed by atoms with Crippen LogP contribution in [0.2, 0.25) is 0 Å². The molecule has 0 radical (unpaired) electrons. The van der Waals surface area contributed by atoms with Crippen LogP contribution >= 0.6 is 11.8 Å². The molecule has 1 aromatic heterocycles. The van der Waals surface area contributed by atoms with Crippen LogP contribution in [0.1, 0.15) is 6.92 Å². The van der Waals surface area contributed by atoms with Gasteiger partial charge in [-0.05, 0) is 19.1 Å². The Kier molecular flexibility index (Phi) is 6.00. The van der Waals surface area contributed by atoms with Crippen LogP contribution in [0.3, 0.4) is 0 Å². The Hall–Kier alpha value is -2.06. The number of nitrogens with one attached hydrogen (secondary N) is 2. The van der Waals surface area contributed by atoms with E-state index in [0.717, 1.165) is 16.2 Å². The van der Waals surface area contributed by atoms with Crippen molar-refractivity contribution in [3.8, 4) is 0 Å². The van der Waals surface area contributed by atoms with E-state index in [1.54, 1.807) is 14.0 Å². The van der Waals surface area contributed by atoms with Crippen LogP contribution in [-0.4, -0.2) is 47.5 Å². The van der Waals surface area contributed by atoms with Gasteiger partial charge in [-0.3, -0.25) is 10.1 Å². The van der Waals surface area contributed by atoms with E-state index in [9.17, 15) is 9.59 Å². The van der Waals surface area contributed by atoms with Crippen molar-refractivity contribution < 1.29 is 14.3 Å². The number of imide groups is 1. The highest BCUT2D eigenvalue weighted by Gasteiger charge is 2.20. The van der Waals surface area contributed by atoms with E-state index < -0.39 is 11.3 Å². The summed E-state index contributed by atoms with van der Waals surface area (Å²) in [7, 11) is 3.11. The highest BCUT2D eigenvalue weighted by atomic mass is 32.2. The Morgan fingerprint density at radius 2 is 2.13 bits per heavy atom. The SMILES string of the molecule is CNC(=O)NC(=O)[C@@H](C)Sc1nc2ccccc2n1CCOC. The number of rotatable bonds is 6. The third kappa shape index (κ3) is 4.23. The average molecular weight is 336 g/mol. The average Bonchev–Trinajstić information content (AvgIpc) is 2.89. The number of urea groups is 1. The Bertz CT molecular complexity index is 701. The number of hydrogen-bond donors (Lipinski definition) is 2. The summed E-state index contributed by atoms with van der Waals surface area (Å²) in [6, 6.07) is 7.26. The number of hydrogen-bond acceptors (Lipinski definition) is 5. The number of carbonyl (C=O) groups is 2. The van der Waals surface area contributed by atoms with Crippen molar-refractivity contribution in [3.63, 3.8) is 0 Å². The van der Waals surface area contributed by atoms with Gasteiger partial charge in [-0.1, -0.05) is 23.9 Å². The van der Waals surface area contributed by atoms with Gasteiger partial charge in [0.1, 0.15) is 0 Å². The third-order valence-electron chi connectivity index (χ3n) is 3.25. The largest absolute Gasteiger partial charge is 0.383 e. The lowest BCUT2D eigenvalue weighted by atomic mass is 10.3. The highest BCUT2D eigenvalue weighted by molar-refractivity contribution is 8.00. The minimum Gasteiger partial charge on any atom is -0.383 e. The fourth-order valence-corrected chi connectivity index (χ4v) is 2.98. The van der Waals surface area contributed by atoms with Crippen molar-refractivity contribution in [2.45, 2.75) is 23.9 Å². The van der Waals surface area contributed by atoms with Crippen LogP contribution < -0.4 is 10.6 Å². The summed E-state index contributed by atoms with van der Waals surface area (Å²) < 4.78 is 7.17. The topological polar surface area (TPSA) is 85.3 Å². The lowest BCUT2D eigenvalue weighted by Crippen LogP contribution is -2.41. The van der Waals surface area contributed by atoms with E-state index in [1.165, 1.54) is 18.8 Å². The monoisotopic (exact) mass is 336 g/mol. The number of benzene rings is 1. The first kappa shape index (κ1) is 17.3. The fourth-order valence-electron chi connectivity index (χ4n) is 2.03. The molecule has 8 heteroatoms. The van der Waals surface area contributed by atoms with Gasteiger partial charge in [0.05, 0.1) is 22.9 Å². The Balaban J connectivity index is 2.21. The zero-order valence-electron chi connectivity index (χ0n) is 13.3. The van der Waals surface area contributed by atoms with Crippen molar-refractivity contribution in [1.29, 1.82) is 0 Å². The Morgan fingerprint density at radius 1 is 1.39 bits per heavy atom. The van der Waals surface area contributed by atoms with Crippen molar-refractivity contribution in [2.24, 2.45) is 0 Å². The molecule has 1 heterocycles. The van der Waals surface area contributed by atoms with Gasteiger partial charge in [0.25, 0.3) is 0 Å². The van der Waals surface area contributed by atoms with E-state index in [4.69, 9.17) is 4.74 Å². The first-order valence-corrected chi connectivity index (χ1v) is 8.08. The predicted molar refractivity (Wildman–Crippen MR) is 89.5 cm³/mol. The Morgan fingerprint density at radius 3 is 2.83 bits per heavy atom. The van der Waals surface area contributed by atoms with Gasteiger partial charge in [0.15, 0.2) is 5.16 Å². The van der Waals surface area contributed by atoms with Gasteiger partial charge in [-0.25, -0.2) is 9.78 Å². The molecule has 0 aliphatic rings. The summed E-state index contributed by atoms with van der Waals surface area (Å²) in [5.74, 6) is -0.361. The van der Waals surface area contributed by atoms with Crippen molar-refractivity contribution >= 4 is 34.7 Å². The number of nitrogens with zero attached hydrogens (tertiary/aromatic N) is 2. The number of imidazole rings is 1. The van der Waals surface area contributed by atoms with Crippen LogP contribution in [0.15, 0.2) is 29.4 Å². The third-order valence-corrected chi connectivity index (χ3v) is 4.34. The molecule has 0 aliphatic heterocycles. The molecule has 0 fully saturated rings. The molecule has 0 aliphatic carbocycles. The zero-order valence-corrected chi connectivity index (χ0v) is 14.1. The standard InChI is InChI=1S/C15H20N4O3S/c1-10(13(20)18-14(21)16-2)23-15-17-11-6-4-5-7-12(11)19(15)8-9-22-3/h4-7,10H,8-9H2,1-3H3,(H2,16,18,20,21)/t10-/m1/s1. The molecule has 1 atom stereocenters. The summed E-state index contributed by atoms with van der Waals surface area (Å²) in [5.41, 5.74) is 1.86. The molecular weight excluding hydrogens is 316 g/mol. The number of thioether (sulfide) groups is 1. The minimum absolute atomic E-state index is 0.361. The molecular formula is C15H20N4O3S. The number of carbonyl (C=O) groups excluding carboxylic acids is 2. The summed E-state index contributed by atoms with van der Waals surface area (Å²) in [6.45, 7) is 2.93. The molecule has 23 heavy (non-hydrogen) atoms. The van der Waals surface area contributed by atoms with E-state index >= 15 is 0 Å². The highest BCUT2D eigenvalue weighted by Crippen LogP contribution is 2.27. The molecule has 0 unspecified atom stereocenters. The number of aromatic nitrogens is 2. The first-order chi connectivity index (χ1) is 11.1. The van der Waals surface area contributed by atoms with Crippen molar-refractivity contribution in [3.05, 3.63) is 24.3 Å². The zero-order chi connectivity index (χ0) is 16.8. The molecule has 0 saturated heterocycles. The second kappa shape index (κ2) is 7.98. The number of methoxy groups -OCH3 is 1. The van der Waals surface area contributed by atoms with E-state index in [-0.39, 0.29) is 5.91 Å². The molecule has 2 N–H and O–H groups in total. The number of para-hydroxylation sites is 2. The van der Waals surface area contributed by atoms with E-state index in [0.29, 0.717) is 13.2 Å². The van der Waals surface area contributed by atoms with Gasteiger partial charge in [-0.15, -0.1) is 0 Å². The number of amides is 3. The summed E-state index contributed by atoms with van der Waals surface area (Å²) in [6.07, 6.45) is 0. The summed E-state index contributed by atoms with van der Waals surface area (Å²) in [4.78, 5) is 27.8. The van der Waals surface area contributed by atoms with E-state index in [1.807, 2.05) is 28.8 Å². The van der Waals surface area contributed by atoms with Crippen molar-refractivity contribution in [1.82, 2.24) is 20.2 Å². The molecule has 2 rings (SSSR count). The maximum absolute atomic E-state index is 12.0. The number of fused-ring (bicyclic) bond motifs is 1. The minimum atomic E-state index is -0.518. The normalized spacial score (nSPS) is 12.1. The van der Waals surface area contributed by atoms with Crippen LogP contribution in [-0.2, 0) is 16.1 Å². The molecule has 3 amide bonds. The van der Waals surface area contributed by atoms with Gasteiger partial charge < -0.3 is 14.6 Å². The first-order valence-electron chi connectivity index (χ1n) is 7.20.